The van der Waals surface area contributed by atoms with Gasteiger partial charge in [-0.1, -0.05) is 15.9 Å². The molecule has 0 spiro atoms. The Hall–Kier alpha value is -1.93. The number of halogens is 2. The minimum absolute atomic E-state index is 0.0152. The quantitative estimate of drug-likeness (QED) is 0.451. The van der Waals surface area contributed by atoms with Crippen LogP contribution in [0.3, 0.4) is 0 Å². The number of anilines is 2. The number of nitrogens with one attached hydrogen (secondary N) is 1. The summed E-state index contributed by atoms with van der Waals surface area (Å²) in [6, 6.07) is 9.18. The Morgan fingerprint density at radius 1 is 1.19 bits per heavy atom. The van der Waals surface area contributed by atoms with E-state index in [4.69, 9.17) is 5.73 Å². The fourth-order valence-electron chi connectivity index (χ4n) is 1.63. The molecule has 0 heterocycles. The van der Waals surface area contributed by atoms with Gasteiger partial charge in [-0.05, 0) is 46.3 Å². The average molecular weight is 415 g/mol. The van der Waals surface area contributed by atoms with Crippen molar-refractivity contribution in [1.29, 1.82) is 0 Å². The van der Waals surface area contributed by atoms with E-state index >= 15 is 0 Å². The first-order valence-corrected chi connectivity index (χ1v) is 7.27. The normalized spacial score (nSPS) is 10.2. The maximum atomic E-state index is 12.1. The van der Waals surface area contributed by atoms with Crippen LogP contribution < -0.4 is 11.1 Å². The Bertz CT molecular complexity index is 735. The van der Waals surface area contributed by atoms with Crippen LogP contribution in [0.2, 0.25) is 0 Å². The molecule has 8 heteroatoms. The lowest BCUT2D eigenvalue weighted by Gasteiger charge is -2.08. The number of nitrogens with zero attached hydrogens (tertiary/aromatic N) is 1. The van der Waals surface area contributed by atoms with Gasteiger partial charge in [-0.3, -0.25) is 14.9 Å². The number of nitrogen functional groups attached to an aromatic ring is 1. The molecule has 0 aliphatic carbocycles. The van der Waals surface area contributed by atoms with Crippen LogP contribution in [0.4, 0.5) is 17.1 Å². The fourth-order valence-corrected chi connectivity index (χ4v) is 2.77. The van der Waals surface area contributed by atoms with Crippen molar-refractivity contribution in [3.05, 3.63) is 61.0 Å². The maximum Gasteiger partial charge on any atom is 0.292 e. The lowest BCUT2D eigenvalue weighted by atomic mass is 10.1. The summed E-state index contributed by atoms with van der Waals surface area (Å²) in [5.74, 6) is -0.457. The monoisotopic (exact) mass is 413 g/mol. The van der Waals surface area contributed by atoms with E-state index in [1.807, 2.05) is 0 Å². The van der Waals surface area contributed by atoms with Crippen LogP contribution in [0.25, 0.3) is 0 Å². The molecule has 0 fully saturated rings. The summed E-state index contributed by atoms with van der Waals surface area (Å²) in [6.07, 6.45) is 0. The molecular formula is C13H9Br2N3O3. The molecule has 0 saturated carbocycles. The van der Waals surface area contributed by atoms with E-state index in [1.54, 1.807) is 18.2 Å². The molecule has 108 valence electrons. The van der Waals surface area contributed by atoms with Crippen molar-refractivity contribution < 1.29 is 9.72 Å². The number of nitro groups is 1. The number of rotatable bonds is 3. The lowest BCUT2D eigenvalue weighted by Crippen LogP contribution is -2.13. The van der Waals surface area contributed by atoms with Crippen molar-refractivity contribution in [3.63, 3.8) is 0 Å². The number of carbonyl (C=O) groups excluding carboxylic acids is 1. The number of hydrogen-bond donors (Lipinski definition) is 2. The summed E-state index contributed by atoms with van der Waals surface area (Å²) >= 11 is 6.63. The van der Waals surface area contributed by atoms with Gasteiger partial charge in [-0.2, -0.15) is 0 Å². The molecule has 3 N–H and O–H groups in total. The highest BCUT2D eigenvalue weighted by atomic mass is 79.9. The summed E-state index contributed by atoms with van der Waals surface area (Å²) in [4.78, 5) is 22.3. The van der Waals surface area contributed by atoms with E-state index in [1.165, 1.54) is 12.1 Å². The van der Waals surface area contributed by atoms with E-state index < -0.39 is 10.8 Å². The van der Waals surface area contributed by atoms with E-state index in [9.17, 15) is 14.9 Å². The Kier molecular flexibility index (Phi) is 4.59. The number of nitro benzene ring substituents is 1. The van der Waals surface area contributed by atoms with E-state index in [0.717, 1.165) is 10.5 Å². The standard InChI is InChI=1S/C13H9Br2N3O3/c14-8-2-4-11(9(15)6-8)17-13(19)7-1-3-10(16)12(5-7)18(20)21/h1-6H,16H2,(H,17,19). The zero-order valence-electron chi connectivity index (χ0n) is 10.5. The van der Waals surface area contributed by atoms with Gasteiger partial charge < -0.3 is 11.1 Å². The van der Waals surface area contributed by atoms with Gasteiger partial charge >= 0.3 is 0 Å². The number of benzene rings is 2. The summed E-state index contributed by atoms with van der Waals surface area (Å²) in [5.41, 5.74) is 5.94. The second-order valence-electron chi connectivity index (χ2n) is 4.11. The van der Waals surface area contributed by atoms with E-state index in [0.29, 0.717) is 10.2 Å². The predicted molar refractivity (Wildman–Crippen MR) is 87.3 cm³/mol. The van der Waals surface area contributed by atoms with Gasteiger partial charge in [0.15, 0.2) is 0 Å². The lowest BCUT2D eigenvalue weighted by molar-refractivity contribution is -0.383. The molecule has 6 nitrogen and oxygen atoms in total. The molecular weight excluding hydrogens is 406 g/mol. The van der Waals surface area contributed by atoms with Gasteiger partial charge in [0, 0.05) is 20.6 Å². The highest BCUT2D eigenvalue weighted by Gasteiger charge is 2.16. The largest absolute Gasteiger partial charge is 0.393 e. The van der Waals surface area contributed by atoms with Crippen LogP contribution in [-0.4, -0.2) is 10.8 Å². The third kappa shape index (κ3) is 3.59. The van der Waals surface area contributed by atoms with Crippen molar-refractivity contribution in [1.82, 2.24) is 0 Å². The Morgan fingerprint density at radius 3 is 2.52 bits per heavy atom. The predicted octanol–water partition coefficient (Wildman–Crippen LogP) is 3.95. The SMILES string of the molecule is Nc1ccc(C(=O)Nc2ccc(Br)cc2Br)cc1[N+](=O)[O-]. The van der Waals surface area contributed by atoms with Crippen LogP contribution in [0.15, 0.2) is 45.3 Å². The molecule has 0 radical (unpaired) electrons. The van der Waals surface area contributed by atoms with Crippen LogP contribution >= 0.6 is 31.9 Å². The van der Waals surface area contributed by atoms with Crippen molar-refractivity contribution in [2.75, 3.05) is 11.1 Å². The van der Waals surface area contributed by atoms with Crippen LogP contribution in [0, 0.1) is 10.1 Å². The van der Waals surface area contributed by atoms with Crippen LogP contribution in [0.1, 0.15) is 10.4 Å². The molecule has 0 aliphatic rings. The molecule has 2 aromatic rings. The van der Waals surface area contributed by atoms with Crippen LogP contribution in [0.5, 0.6) is 0 Å². The molecule has 1 amide bonds. The zero-order chi connectivity index (χ0) is 15.6. The maximum absolute atomic E-state index is 12.1. The molecule has 0 aliphatic heterocycles. The van der Waals surface area contributed by atoms with Gasteiger partial charge in [0.1, 0.15) is 5.69 Å². The highest BCUT2D eigenvalue weighted by Crippen LogP contribution is 2.27. The first kappa shape index (κ1) is 15.5. The summed E-state index contributed by atoms with van der Waals surface area (Å²) in [6.45, 7) is 0. The minimum Gasteiger partial charge on any atom is -0.393 e. The second kappa shape index (κ2) is 6.23. The first-order chi connectivity index (χ1) is 9.88. The number of carbonyl (C=O) groups is 1. The van der Waals surface area contributed by atoms with E-state index in [-0.39, 0.29) is 16.9 Å². The van der Waals surface area contributed by atoms with Gasteiger partial charge in [0.2, 0.25) is 0 Å². The second-order valence-corrected chi connectivity index (χ2v) is 5.88. The molecule has 21 heavy (non-hydrogen) atoms. The van der Waals surface area contributed by atoms with Gasteiger partial charge in [0.05, 0.1) is 10.6 Å². The average Bonchev–Trinajstić information content (AvgIpc) is 2.42. The number of nitrogens with two attached hydrogens (primary N) is 1. The van der Waals surface area contributed by atoms with Crippen molar-refractivity contribution in [3.8, 4) is 0 Å². The number of hydrogen-bond acceptors (Lipinski definition) is 4. The van der Waals surface area contributed by atoms with Crippen LogP contribution in [-0.2, 0) is 0 Å². The van der Waals surface area contributed by atoms with Crippen molar-refractivity contribution >= 4 is 54.8 Å². The zero-order valence-corrected chi connectivity index (χ0v) is 13.6. The fraction of sp³-hybridized carbons (Fsp3) is 0. The highest BCUT2D eigenvalue weighted by molar-refractivity contribution is 9.11. The molecule has 0 unspecified atom stereocenters. The minimum atomic E-state index is -0.623. The van der Waals surface area contributed by atoms with Crippen molar-refractivity contribution in [2.24, 2.45) is 0 Å². The Labute approximate surface area is 136 Å². The molecule has 0 aromatic heterocycles. The molecule has 0 saturated heterocycles. The van der Waals surface area contributed by atoms with Crippen molar-refractivity contribution in [2.45, 2.75) is 0 Å². The van der Waals surface area contributed by atoms with Gasteiger partial charge in [-0.15, -0.1) is 0 Å². The summed E-state index contributed by atoms with van der Waals surface area (Å²) < 4.78 is 1.55. The Balaban J connectivity index is 2.28. The van der Waals surface area contributed by atoms with Gasteiger partial charge in [-0.25, -0.2) is 0 Å². The first-order valence-electron chi connectivity index (χ1n) is 5.69. The molecule has 2 rings (SSSR count). The summed E-state index contributed by atoms with van der Waals surface area (Å²) in [5, 5.41) is 13.5. The number of amides is 1. The third-order valence-corrected chi connectivity index (χ3v) is 3.82. The molecule has 0 atom stereocenters. The summed E-state index contributed by atoms with van der Waals surface area (Å²) in [7, 11) is 0. The van der Waals surface area contributed by atoms with Gasteiger partial charge in [0.25, 0.3) is 11.6 Å². The molecule has 2 aromatic carbocycles. The third-order valence-electron chi connectivity index (χ3n) is 2.67. The Morgan fingerprint density at radius 2 is 1.90 bits per heavy atom. The smallest absolute Gasteiger partial charge is 0.292 e. The van der Waals surface area contributed by atoms with E-state index in [2.05, 4.69) is 37.2 Å². The molecule has 0 bridgehead atoms. The topological polar surface area (TPSA) is 98.3 Å².